The average molecular weight is 308 g/mol. The van der Waals surface area contributed by atoms with Gasteiger partial charge in [-0.2, -0.15) is 0 Å². The molecule has 0 aliphatic heterocycles. The summed E-state index contributed by atoms with van der Waals surface area (Å²) in [5.74, 6) is -0.219. The van der Waals surface area contributed by atoms with Crippen LogP contribution < -0.4 is 0 Å². The van der Waals surface area contributed by atoms with Crippen LogP contribution in [0.5, 0.6) is 0 Å². The predicted molar refractivity (Wildman–Crippen MR) is 70.8 cm³/mol. The van der Waals surface area contributed by atoms with Gasteiger partial charge in [0.25, 0.3) is 0 Å². The van der Waals surface area contributed by atoms with Gasteiger partial charge in [-0.1, -0.05) is 12.1 Å². The van der Waals surface area contributed by atoms with Gasteiger partial charge in [-0.3, -0.25) is 9.20 Å². The second-order valence-corrected chi connectivity index (χ2v) is 4.93. The molecule has 18 heavy (non-hydrogen) atoms. The number of carboxylic acids is 1. The molecule has 1 aromatic carbocycles. The zero-order valence-electron chi connectivity index (χ0n) is 9.57. The zero-order valence-corrected chi connectivity index (χ0v) is 11.2. The SMILES string of the molecule is Cc1cccc2c1nc1[nH]c(CC(=O)O)c(Br)n12. The van der Waals surface area contributed by atoms with E-state index in [1.165, 1.54) is 0 Å². The van der Waals surface area contributed by atoms with Gasteiger partial charge >= 0.3 is 5.97 Å². The molecule has 6 heteroatoms. The fourth-order valence-corrected chi connectivity index (χ4v) is 2.71. The van der Waals surface area contributed by atoms with E-state index in [9.17, 15) is 4.79 Å². The lowest BCUT2D eigenvalue weighted by Crippen LogP contribution is -2.01. The zero-order chi connectivity index (χ0) is 12.9. The molecule has 2 heterocycles. The highest BCUT2D eigenvalue weighted by Gasteiger charge is 2.16. The fraction of sp³-hybridized carbons (Fsp3) is 0.167. The molecule has 92 valence electrons. The number of nitrogens with zero attached hydrogens (tertiary/aromatic N) is 2. The lowest BCUT2D eigenvalue weighted by molar-refractivity contribution is -0.136. The first kappa shape index (κ1) is 11.3. The first-order chi connectivity index (χ1) is 8.58. The summed E-state index contributed by atoms with van der Waals surface area (Å²) in [5.41, 5.74) is 3.60. The number of imidazole rings is 2. The maximum absolute atomic E-state index is 10.8. The second kappa shape index (κ2) is 3.84. The molecule has 2 N–H and O–H groups in total. The van der Waals surface area contributed by atoms with E-state index < -0.39 is 5.97 Å². The number of aliphatic carboxylic acids is 1. The van der Waals surface area contributed by atoms with Gasteiger partial charge in [0, 0.05) is 0 Å². The van der Waals surface area contributed by atoms with Crippen molar-refractivity contribution in [3.8, 4) is 0 Å². The van der Waals surface area contributed by atoms with E-state index in [2.05, 4.69) is 25.9 Å². The van der Waals surface area contributed by atoms with Crippen molar-refractivity contribution < 1.29 is 9.90 Å². The van der Waals surface area contributed by atoms with Gasteiger partial charge in [0.15, 0.2) is 0 Å². The Morgan fingerprint density at radius 1 is 1.56 bits per heavy atom. The van der Waals surface area contributed by atoms with Crippen molar-refractivity contribution in [3.63, 3.8) is 0 Å². The van der Waals surface area contributed by atoms with Gasteiger partial charge < -0.3 is 10.1 Å². The summed E-state index contributed by atoms with van der Waals surface area (Å²) in [6.07, 6.45) is -0.0583. The van der Waals surface area contributed by atoms with Gasteiger partial charge in [-0.25, -0.2) is 4.98 Å². The highest BCUT2D eigenvalue weighted by Crippen LogP contribution is 2.26. The molecule has 0 fully saturated rings. The third-order valence-corrected chi connectivity index (χ3v) is 3.76. The van der Waals surface area contributed by atoms with Gasteiger partial charge in [-0.05, 0) is 34.5 Å². The summed E-state index contributed by atoms with van der Waals surface area (Å²) in [6, 6.07) is 5.93. The van der Waals surface area contributed by atoms with E-state index in [0.29, 0.717) is 16.1 Å². The molecule has 0 aliphatic carbocycles. The number of carbonyl (C=O) groups is 1. The van der Waals surface area contributed by atoms with Crippen LogP contribution in [-0.4, -0.2) is 25.4 Å². The number of carboxylic acid groups (broad SMARTS) is 1. The highest BCUT2D eigenvalue weighted by atomic mass is 79.9. The Kier molecular flexibility index (Phi) is 2.41. The highest BCUT2D eigenvalue weighted by molar-refractivity contribution is 9.10. The number of hydrogen-bond acceptors (Lipinski definition) is 2. The van der Waals surface area contributed by atoms with Gasteiger partial charge in [0.2, 0.25) is 5.78 Å². The van der Waals surface area contributed by atoms with Crippen LogP contribution in [-0.2, 0) is 11.2 Å². The summed E-state index contributed by atoms with van der Waals surface area (Å²) in [6.45, 7) is 2.00. The molecule has 2 aromatic heterocycles. The Morgan fingerprint density at radius 3 is 3.06 bits per heavy atom. The van der Waals surface area contributed by atoms with Crippen LogP contribution in [0.15, 0.2) is 22.8 Å². The number of para-hydroxylation sites is 1. The smallest absolute Gasteiger partial charge is 0.309 e. The molecular formula is C12H10BrN3O2. The van der Waals surface area contributed by atoms with Crippen LogP contribution in [0.4, 0.5) is 0 Å². The maximum Gasteiger partial charge on any atom is 0.309 e. The van der Waals surface area contributed by atoms with Crippen molar-refractivity contribution in [1.82, 2.24) is 14.4 Å². The summed E-state index contributed by atoms with van der Waals surface area (Å²) in [5, 5.41) is 8.84. The third kappa shape index (κ3) is 1.53. The summed E-state index contributed by atoms with van der Waals surface area (Å²) in [4.78, 5) is 18.3. The number of H-pyrrole nitrogens is 1. The van der Waals surface area contributed by atoms with E-state index in [1.54, 1.807) is 0 Å². The largest absolute Gasteiger partial charge is 0.481 e. The molecule has 0 radical (unpaired) electrons. The van der Waals surface area contributed by atoms with Crippen LogP contribution in [0.3, 0.4) is 0 Å². The van der Waals surface area contributed by atoms with E-state index >= 15 is 0 Å². The van der Waals surface area contributed by atoms with Crippen LogP contribution in [0.1, 0.15) is 11.3 Å². The van der Waals surface area contributed by atoms with E-state index in [1.807, 2.05) is 29.5 Å². The number of aryl methyl sites for hydroxylation is 1. The molecular weight excluding hydrogens is 298 g/mol. The monoisotopic (exact) mass is 307 g/mol. The van der Waals surface area contributed by atoms with Crippen LogP contribution in [0.25, 0.3) is 16.8 Å². The number of hydrogen-bond donors (Lipinski definition) is 2. The number of aromatic nitrogens is 3. The molecule has 0 aliphatic rings. The van der Waals surface area contributed by atoms with Gasteiger partial charge in [0.05, 0.1) is 23.1 Å². The molecule has 0 bridgehead atoms. The normalized spacial score (nSPS) is 11.4. The van der Waals surface area contributed by atoms with E-state index in [4.69, 9.17) is 5.11 Å². The minimum absolute atomic E-state index is 0.0583. The van der Waals surface area contributed by atoms with Crippen molar-refractivity contribution in [3.05, 3.63) is 34.1 Å². The third-order valence-electron chi connectivity index (χ3n) is 2.92. The molecule has 0 amide bonds. The number of halogens is 1. The molecule has 0 saturated heterocycles. The van der Waals surface area contributed by atoms with Crippen molar-refractivity contribution in [2.75, 3.05) is 0 Å². The molecule has 3 aromatic rings. The number of aromatic amines is 1. The number of benzene rings is 1. The second-order valence-electron chi connectivity index (χ2n) is 4.18. The summed E-state index contributed by atoms with van der Waals surface area (Å²) in [7, 11) is 0. The van der Waals surface area contributed by atoms with Crippen molar-refractivity contribution in [1.29, 1.82) is 0 Å². The lowest BCUT2D eigenvalue weighted by atomic mass is 10.2. The molecule has 0 unspecified atom stereocenters. The molecule has 3 rings (SSSR count). The van der Waals surface area contributed by atoms with Gasteiger partial charge in [-0.15, -0.1) is 0 Å². The lowest BCUT2D eigenvalue weighted by Gasteiger charge is -1.97. The Labute approximate surface area is 111 Å². The molecule has 5 nitrogen and oxygen atoms in total. The van der Waals surface area contributed by atoms with Crippen molar-refractivity contribution >= 4 is 38.7 Å². The minimum Gasteiger partial charge on any atom is -0.481 e. The van der Waals surface area contributed by atoms with Crippen LogP contribution in [0.2, 0.25) is 0 Å². The Hall–Kier alpha value is -1.82. The number of fused-ring (bicyclic) bond motifs is 3. The first-order valence-corrected chi connectivity index (χ1v) is 6.23. The Morgan fingerprint density at radius 2 is 2.33 bits per heavy atom. The quantitative estimate of drug-likeness (QED) is 0.764. The van der Waals surface area contributed by atoms with E-state index in [-0.39, 0.29) is 6.42 Å². The molecule has 0 saturated carbocycles. The topological polar surface area (TPSA) is 70.4 Å². The van der Waals surface area contributed by atoms with E-state index in [0.717, 1.165) is 16.6 Å². The Balaban J connectivity index is 2.33. The predicted octanol–water partition coefficient (Wildman–Crippen LogP) is 2.51. The fourth-order valence-electron chi connectivity index (χ4n) is 2.11. The maximum atomic E-state index is 10.8. The number of rotatable bonds is 2. The number of nitrogens with one attached hydrogen (secondary N) is 1. The van der Waals surface area contributed by atoms with Gasteiger partial charge in [0.1, 0.15) is 4.60 Å². The molecule has 0 atom stereocenters. The van der Waals surface area contributed by atoms with Crippen molar-refractivity contribution in [2.45, 2.75) is 13.3 Å². The minimum atomic E-state index is -0.874. The first-order valence-electron chi connectivity index (χ1n) is 5.44. The van der Waals surface area contributed by atoms with Crippen LogP contribution >= 0.6 is 15.9 Å². The average Bonchev–Trinajstić information content (AvgIpc) is 2.79. The van der Waals surface area contributed by atoms with Crippen molar-refractivity contribution in [2.24, 2.45) is 0 Å². The molecule has 0 spiro atoms. The van der Waals surface area contributed by atoms with Crippen LogP contribution in [0, 0.1) is 6.92 Å². The summed E-state index contributed by atoms with van der Waals surface area (Å²) < 4.78 is 2.61. The Bertz CT molecular complexity index is 772. The standard InChI is InChI=1S/C12H10BrN3O2/c1-6-3-2-4-8-10(6)15-12-14-7(5-9(17)18)11(13)16(8)12/h2-4H,5H2,1H3,(H,14,15)(H,17,18). The summed E-state index contributed by atoms with van der Waals surface area (Å²) >= 11 is 3.43.